The Morgan fingerprint density at radius 3 is 2.92 bits per heavy atom. The van der Waals surface area contributed by atoms with Crippen molar-refractivity contribution in [3.8, 4) is 0 Å². The predicted molar refractivity (Wildman–Crippen MR) is 45.8 cm³/mol. The number of likely N-dealkylation sites (tertiary alicyclic amines) is 1. The summed E-state index contributed by atoms with van der Waals surface area (Å²) in [6.45, 7) is 2.85. The zero-order valence-corrected chi connectivity index (χ0v) is 7.33. The van der Waals surface area contributed by atoms with Crippen molar-refractivity contribution in [3.05, 3.63) is 0 Å². The van der Waals surface area contributed by atoms with Gasteiger partial charge >= 0.3 is 0 Å². The van der Waals surface area contributed by atoms with Crippen LogP contribution in [0, 0.1) is 0 Å². The van der Waals surface area contributed by atoms with E-state index in [0.29, 0.717) is 11.9 Å². The van der Waals surface area contributed by atoms with Gasteiger partial charge in [-0.05, 0) is 19.3 Å². The number of piperidine rings is 1. The van der Waals surface area contributed by atoms with Crippen molar-refractivity contribution in [1.82, 2.24) is 10.2 Å². The van der Waals surface area contributed by atoms with Crippen LogP contribution in [0.4, 0.5) is 0 Å². The molecule has 2 fully saturated rings. The first kappa shape index (κ1) is 8.05. The topological polar surface area (TPSA) is 34.4 Å². The minimum absolute atomic E-state index is 0.345. The highest BCUT2D eigenvalue weighted by Crippen LogP contribution is 2.18. The van der Waals surface area contributed by atoms with E-state index in [1.807, 2.05) is 4.90 Å². The zero-order valence-electron chi connectivity index (χ0n) is 7.33. The van der Waals surface area contributed by atoms with E-state index in [1.165, 1.54) is 0 Å². The fraction of sp³-hybridized carbons (Fsp3) is 0.889. The molecular weight excluding hydrogens is 152 g/mol. The summed E-state index contributed by atoms with van der Waals surface area (Å²) in [5, 5.41) is 4.34. The van der Waals surface area contributed by atoms with E-state index in [-0.39, 0.29) is 0 Å². The molecule has 0 unspecified atom stereocenters. The quantitative estimate of drug-likeness (QED) is 0.556. The standard InChI is InChI=1S/C9H15N2O/c12-9-4-2-6-11(9)8-3-1-5-10-7-8/h8H,1-7H2/t8-/m0/s1. The second kappa shape index (κ2) is 3.44. The summed E-state index contributed by atoms with van der Waals surface area (Å²) >= 11 is 0. The first-order chi connectivity index (χ1) is 5.88. The predicted octanol–water partition coefficient (Wildman–Crippen LogP) is 0.376. The Kier molecular flexibility index (Phi) is 2.30. The summed E-state index contributed by atoms with van der Waals surface area (Å²) in [6.07, 6.45) is 4.13. The maximum atomic E-state index is 11.4. The van der Waals surface area contributed by atoms with E-state index < -0.39 is 0 Å². The molecule has 2 heterocycles. The summed E-state index contributed by atoms with van der Waals surface area (Å²) in [5.41, 5.74) is 0. The average molecular weight is 167 g/mol. The largest absolute Gasteiger partial charge is 0.338 e. The molecule has 12 heavy (non-hydrogen) atoms. The number of hydrogen-bond donors (Lipinski definition) is 0. The SMILES string of the molecule is O=C1CCCN1[C@H]1CCC[N]C1. The Hall–Kier alpha value is -0.570. The smallest absolute Gasteiger partial charge is 0.222 e. The molecule has 2 rings (SSSR count). The van der Waals surface area contributed by atoms with Crippen molar-refractivity contribution in [1.29, 1.82) is 0 Å². The van der Waals surface area contributed by atoms with Crippen molar-refractivity contribution in [3.63, 3.8) is 0 Å². The van der Waals surface area contributed by atoms with Crippen LogP contribution in [-0.4, -0.2) is 36.5 Å². The fourth-order valence-electron chi connectivity index (χ4n) is 2.08. The lowest BCUT2D eigenvalue weighted by Crippen LogP contribution is -2.44. The number of carbonyl (C=O) groups excluding carboxylic acids is 1. The van der Waals surface area contributed by atoms with Gasteiger partial charge < -0.3 is 4.90 Å². The van der Waals surface area contributed by atoms with Gasteiger partial charge in [0.05, 0.1) is 0 Å². The van der Waals surface area contributed by atoms with Crippen LogP contribution in [0.25, 0.3) is 0 Å². The van der Waals surface area contributed by atoms with Gasteiger partial charge in [-0.2, -0.15) is 0 Å². The molecular formula is C9H15N2O. The third-order valence-corrected chi connectivity index (χ3v) is 2.74. The van der Waals surface area contributed by atoms with Crippen LogP contribution in [0.5, 0.6) is 0 Å². The van der Waals surface area contributed by atoms with Crippen molar-refractivity contribution in [2.24, 2.45) is 0 Å². The molecule has 0 aliphatic carbocycles. The Morgan fingerprint density at radius 1 is 1.42 bits per heavy atom. The monoisotopic (exact) mass is 167 g/mol. The van der Waals surface area contributed by atoms with Gasteiger partial charge in [0.25, 0.3) is 0 Å². The highest BCUT2D eigenvalue weighted by Gasteiger charge is 2.28. The minimum atomic E-state index is 0.345. The second-order valence-electron chi connectivity index (χ2n) is 3.62. The highest BCUT2D eigenvalue weighted by molar-refractivity contribution is 5.78. The molecule has 3 heteroatoms. The van der Waals surface area contributed by atoms with Gasteiger partial charge in [0.2, 0.25) is 5.91 Å². The third kappa shape index (κ3) is 1.46. The Morgan fingerprint density at radius 2 is 2.33 bits per heavy atom. The average Bonchev–Trinajstić information content (AvgIpc) is 2.53. The highest BCUT2D eigenvalue weighted by atomic mass is 16.2. The maximum Gasteiger partial charge on any atom is 0.222 e. The lowest BCUT2D eigenvalue weighted by molar-refractivity contribution is -0.129. The first-order valence-electron chi connectivity index (χ1n) is 4.80. The molecule has 2 aliphatic heterocycles. The van der Waals surface area contributed by atoms with Gasteiger partial charge in [-0.1, -0.05) is 0 Å². The molecule has 1 radical (unpaired) electrons. The lowest BCUT2D eigenvalue weighted by Gasteiger charge is -2.30. The van der Waals surface area contributed by atoms with Gasteiger partial charge in [-0.15, -0.1) is 0 Å². The van der Waals surface area contributed by atoms with Gasteiger partial charge in [-0.25, -0.2) is 5.32 Å². The normalized spacial score (nSPS) is 31.2. The van der Waals surface area contributed by atoms with Crippen LogP contribution in [0.2, 0.25) is 0 Å². The molecule has 0 N–H and O–H groups in total. The Labute approximate surface area is 73.1 Å². The van der Waals surface area contributed by atoms with E-state index in [0.717, 1.165) is 45.3 Å². The molecule has 0 spiro atoms. The summed E-state index contributed by atoms with van der Waals surface area (Å²) in [6, 6.07) is 0.439. The molecule has 3 nitrogen and oxygen atoms in total. The molecule has 1 amide bonds. The number of rotatable bonds is 1. The van der Waals surface area contributed by atoms with Crippen molar-refractivity contribution in [2.45, 2.75) is 31.7 Å². The summed E-state index contributed by atoms with van der Waals surface area (Å²) in [4.78, 5) is 13.4. The lowest BCUT2D eigenvalue weighted by atomic mass is 10.1. The van der Waals surface area contributed by atoms with Gasteiger partial charge in [0.15, 0.2) is 0 Å². The van der Waals surface area contributed by atoms with E-state index >= 15 is 0 Å². The summed E-state index contributed by atoms with van der Waals surface area (Å²) in [5.74, 6) is 0.345. The van der Waals surface area contributed by atoms with Crippen LogP contribution < -0.4 is 5.32 Å². The first-order valence-corrected chi connectivity index (χ1v) is 4.80. The van der Waals surface area contributed by atoms with E-state index in [1.54, 1.807) is 0 Å². The van der Waals surface area contributed by atoms with E-state index in [2.05, 4.69) is 5.32 Å². The molecule has 0 bridgehead atoms. The van der Waals surface area contributed by atoms with Gasteiger partial charge in [0.1, 0.15) is 0 Å². The van der Waals surface area contributed by atoms with E-state index in [4.69, 9.17) is 0 Å². The molecule has 0 aromatic carbocycles. The number of amides is 1. The molecule has 67 valence electrons. The fourth-order valence-corrected chi connectivity index (χ4v) is 2.08. The molecule has 2 saturated heterocycles. The Bertz CT molecular complexity index is 175. The van der Waals surface area contributed by atoms with Crippen LogP contribution in [0.15, 0.2) is 0 Å². The van der Waals surface area contributed by atoms with Crippen LogP contribution in [-0.2, 0) is 4.79 Å². The third-order valence-electron chi connectivity index (χ3n) is 2.74. The Balaban J connectivity index is 1.93. The van der Waals surface area contributed by atoms with Crippen LogP contribution >= 0.6 is 0 Å². The maximum absolute atomic E-state index is 11.4. The number of carbonyl (C=O) groups is 1. The molecule has 0 saturated carbocycles. The van der Waals surface area contributed by atoms with Crippen molar-refractivity contribution < 1.29 is 4.79 Å². The molecule has 2 aliphatic rings. The zero-order chi connectivity index (χ0) is 8.39. The number of hydrogen-bond acceptors (Lipinski definition) is 1. The summed E-state index contributed by atoms with van der Waals surface area (Å²) < 4.78 is 0. The van der Waals surface area contributed by atoms with Crippen molar-refractivity contribution >= 4 is 5.91 Å². The minimum Gasteiger partial charge on any atom is -0.338 e. The van der Waals surface area contributed by atoms with Gasteiger partial charge in [-0.3, -0.25) is 4.79 Å². The molecule has 1 atom stereocenters. The number of nitrogens with zero attached hydrogens (tertiary/aromatic N) is 2. The molecule has 0 aromatic heterocycles. The molecule has 0 aromatic rings. The van der Waals surface area contributed by atoms with E-state index in [9.17, 15) is 4.79 Å². The van der Waals surface area contributed by atoms with Crippen LogP contribution in [0.3, 0.4) is 0 Å². The summed E-state index contributed by atoms with van der Waals surface area (Å²) in [7, 11) is 0. The van der Waals surface area contributed by atoms with Crippen LogP contribution in [0.1, 0.15) is 25.7 Å². The van der Waals surface area contributed by atoms with Gasteiger partial charge in [0, 0.05) is 32.1 Å². The van der Waals surface area contributed by atoms with Crippen molar-refractivity contribution in [2.75, 3.05) is 19.6 Å². The second-order valence-corrected chi connectivity index (χ2v) is 3.62.